The lowest BCUT2D eigenvalue weighted by molar-refractivity contribution is -0.137. The molecule has 6 heteroatoms. The molecule has 0 aromatic heterocycles. The highest BCUT2D eigenvalue weighted by atomic mass is 35.5. The summed E-state index contributed by atoms with van der Waals surface area (Å²) in [5.41, 5.74) is 0.848. The van der Waals surface area contributed by atoms with Crippen molar-refractivity contribution in [2.24, 2.45) is 0 Å². The zero-order chi connectivity index (χ0) is 15.5. The molecule has 1 aromatic rings. The first-order valence-electron chi connectivity index (χ1n) is 6.88. The van der Waals surface area contributed by atoms with Crippen LogP contribution in [0.5, 0.6) is 5.75 Å². The van der Waals surface area contributed by atoms with Gasteiger partial charge in [0.05, 0.1) is 5.88 Å². The first kappa shape index (κ1) is 17.3. The maximum Gasteiger partial charge on any atom is 0.303 e. The SMILES string of the molecule is O=C(O)CCCCCNC(=O)COc1ccccc1CCl. The second kappa shape index (κ2) is 10.0. The highest BCUT2D eigenvalue weighted by Crippen LogP contribution is 2.19. The quantitative estimate of drug-likeness (QED) is 0.514. The minimum absolute atomic E-state index is 0.0526. The number of nitrogens with one attached hydrogen (secondary N) is 1. The molecule has 21 heavy (non-hydrogen) atoms. The van der Waals surface area contributed by atoms with Crippen LogP contribution in [0.1, 0.15) is 31.2 Å². The summed E-state index contributed by atoms with van der Waals surface area (Å²) >= 11 is 5.78. The number of carbonyl (C=O) groups excluding carboxylic acids is 1. The second-order valence-electron chi connectivity index (χ2n) is 4.58. The molecule has 0 heterocycles. The largest absolute Gasteiger partial charge is 0.483 e. The summed E-state index contributed by atoms with van der Waals surface area (Å²) in [6.07, 6.45) is 2.34. The van der Waals surface area contributed by atoms with Gasteiger partial charge in [0.15, 0.2) is 6.61 Å². The predicted octanol–water partition coefficient (Wildman–Crippen LogP) is 2.57. The van der Waals surface area contributed by atoms with Crippen molar-refractivity contribution in [3.8, 4) is 5.75 Å². The van der Waals surface area contributed by atoms with Gasteiger partial charge in [-0.05, 0) is 18.9 Å². The van der Waals surface area contributed by atoms with Crippen molar-refractivity contribution in [2.45, 2.75) is 31.6 Å². The van der Waals surface area contributed by atoms with Gasteiger partial charge in [-0.15, -0.1) is 11.6 Å². The number of carbonyl (C=O) groups is 2. The monoisotopic (exact) mass is 313 g/mol. The molecule has 0 unspecified atom stereocenters. The number of carboxylic acids is 1. The van der Waals surface area contributed by atoms with E-state index < -0.39 is 5.97 Å². The summed E-state index contributed by atoms with van der Waals surface area (Å²) in [7, 11) is 0. The number of amides is 1. The van der Waals surface area contributed by atoms with E-state index in [1.54, 1.807) is 6.07 Å². The molecule has 1 rings (SSSR count). The third-order valence-electron chi connectivity index (χ3n) is 2.86. The Morgan fingerprint density at radius 3 is 2.67 bits per heavy atom. The topological polar surface area (TPSA) is 75.6 Å². The average molecular weight is 314 g/mol. The highest BCUT2D eigenvalue weighted by Gasteiger charge is 2.05. The fraction of sp³-hybridized carbons (Fsp3) is 0.467. The van der Waals surface area contributed by atoms with Crippen molar-refractivity contribution >= 4 is 23.5 Å². The first-order chi connectivity index (χ1) is 10.1. The van der Waals surface area contributed by atoms with E-state index in [0.29, 0.717) is 24.6 Å². The number of halogens is 1. The van der Waals surface area contributed by atoms with Crippen LogP contribution in [0.25, 0.3) is 0 Å². The zero-order valence-electron chi connectivity index (χ0n) is 11.8. The molecular formula is C15H20ClNO4. The van der Waals surface area contributed by atoms with E-state index in [4.69, 9.17) is 21.4 Å². The van der Waals surface area contributed by atoms with E-state index in [9.17, 15) is 9.59 Å². The van der Waals surface area contributed by atoms with Gasteiger partial charge in [-0.2, -0.15) is 0 Å². The van der Waals surface area contributed by atoms with Gasteiger partial charge in [-0.3, -0.25) is 9.59 Å². The molecule has 0 saturated carbocycles. The van der Waals surface area contributed by atoms with Crippen LogP contribution in [-0.4, -0.2) is 30.1 Å². The Labute approximate surface area is 129 Å². The Hall–Kier alpha value is -1.75. The second-order valence-corrected chi connectivity index (χ2v) is 4.85. The maximum absolute atomic E-state index is 11.6. The summed E-state index contributed by atoms with van der Waals surface area (Å²) in [5, 5.41) is 11.2. The molecule has 0 radical (unpaired) electrons. The Bertz CT molecular complexity index is 465. The van der Waals surface area contributed by atoms with E-state index in [2.05, 4.69) is 5.32 Å². The van der Waals surface area contributed by atoms with Crippen LogP contribution < -0.4 is 10.1 Å². The highest BCUT2D eigenvalue weighted by molar-refractivity contribution is 6.17. The molecule has 0 saturated heterocycles. The van der Waals surface area contributed by atoms with Crippen LogP contribution in [0.2, 0.25) is 0 Å². The van der Waals surface area contributed by atoms with Crippen molar-refractivity contribution in [2.75, 3.05) is 13.2 Å². The zero-order valence-corrected chi connectivity index (χ0v) is 12.6. The minimum Gasteiger partial charge on any atom is -0.483 e. The van der Waals surface area contributed by atoms with Crippen LogP contribution in [0.15, 0.2) is 24.3 Å². The van der Waals surface area contributed by atoms with Gasteiger partial charge >= 0.3 is 5.97 Å². The van der Waals surface area contributed by atoms with Crippen molar-refractivity contribution in [1.82, 2.24) is 5.32 Å². The lowest BCUT2D eigenvalue weighted by Crippen LogP contribution is -2.29. The molecule has 0 aliphatic carbocycles. The fourth-order valence-corrected chi connectivity index (χ4v) is 1.98. The van der Waals surface area contributed by atoms with E-state index in [-0.39, 0.29) is 18.9 Å². The van der Waals surface area contributed by atoms with Crippen LogP contribution in [-0.2, 0) is 15.5 Å². The molecule has 1 aromatic carbocycles. The van der Waals surface area contributed by atoms with Crippen LogP contribution in [0, 0.1) is 0 Å². The Balaban J connectivity index is 2.15. The third kappa shape index (κ3) is 7.56. The molecule has 0 aliphatic rings. The van der Waals surface area contributed by atoms with E-state index in [1.165, 1.54) is 0 Å². The number of ether oxygens (including phenoxy) is 1. The number of hydrogen-bond donors (Lipinski definition) is 2. The van der Waals surface area contributed by atoms with Gasteiger partial charge in [0.25, 0.3) is 5.91 Å². The fourth-order valence-electron chi connectivity index (χ4n) is 1.76. The number of hydrogen-bond acceptors (Lipinski definition) is 3. The van der Waals surface area contributed by atoms with Crippen molar-refractivity contribution < 1.29 is 19.4 Å². The van der Waals surface area contributed by atoms with Crippen LogP contribution in [0.4, 0.5) is 0 Å². The standard InChI is InChI=1S/C15H20ClNO4/c16-10-12-6-3-4-7-13(12)21-11-14(18)17-9-5-1-2-8-15(19)20/h3-4,6-7H,1-2,5,8-11H2,(H,17,18)(H,19,20). The molecule has 0 atom stereocenters. The minimum atomic E-state index is -0.787. The summed E-state index contributed by atoms with van der Waals surface area (Å²) in [4.78, 5) is 21.9. The summed E-state index contributed by atoms with van der Waals surface area (Å²) in [5.74, 6) is -0.0337. The molecule has 0 spiro atoms. The average Bonchev–Trinajstić information content (AvgIpc) is 2.48. The lowest BCUT2D eigenvalue weighted by atomic mass is 10.2. The van der Waals surface area contributed by atoms with Gasteiger partial charge in [-0.1, -0.05) is 24.6 Å². The Morgan fingerprint density at radius 1 is 1.19 bits per heavy atom. The molecule has 0 bridgehead atoms. The Morgan fingerprint density at radius 2 is 1.95 bits per heavy atom. The summed E-state index contributed by atoms with van der Waals surface area (Å²) in [6.45, 7) is 0.474. The third-order valence-corrected chi connectivity index (χ3v) is 3.15. The summed E-state index contributed by atoms with van der Waals surface area (Å²) < 4.78 is 5.43. The predicted molar refractivity (Wildman–Crippen MR) is 80.6 cm³/mol. The van der Waals surface area contributed by atoms with Gasteiger partial charge < -0.3 is 15.2 Å². The molecule has 2 N–H and O–H groups in total. The van der Waals surface area contributed by atoms with Crippen molar-refractivity contribution in [3.63, 3.8) is 0 Å². The molecule has 1 amide bonds. The first-order valence-corrected chi connectivity index (χ1v) is 7.42. The van der Waals surface area contributed by atoms with Crippen LogP contribution in [0.3, 0.4) is 0 Å². The van der Waals surface area contributed by atoms with Crippen LogP contribution >= 0.6 is 11.6 Å². The van der Waals surface area contributed by atoms with Gasteiger partial charge in [0, 0.05) is 18.5 Å². The number of rotatable bonds is 10. The molecule has 0 aliphatic heterocycles. The van der Waals surface area contributed by atoms with Gasteiger partial charge in [0.1, 0.15) is 5.75 Å². The number of carboxylic acid groups (broad SMARTS) is 1. The van der Waals surface area contributed by atoms with Gasteiger partial charge in [-0.25, -0.2) is 0 Å². The Kier molecular flexibility index (Phi) is 8.28. The normalized spacial score (nSPS) is 10.1. The van der Waals surface area contributed by atoms with E-state index in [0.717, 1.165) is 18.4 Å². The van der Waals surface area contributed by atoms with Crippen molar-refractivity contribution in [1.29, 1.82) is 0 Å². The number of para-hydroxylation sites is 1. The number of unbranched alkanes of at least 4 members (excludes halogenated alkanes) is 2. The number of benzene rings is 1. The maximum atomic E-state index is 11.6. The molecule has 0 fully saturated rings. The smallest absolute Gasteiger partial charge is 0.303 e. The summed E-state index contributed by atoms with van der Waals surface area (Å²) in [6, 6.07) is 7.31. The number of alkyl halides is 1. The van der Waals surface area contributed by atoms with Gasteiger partial charge in [0.2, 0.25) is 0 Å². The lowest BCUT2D eigenvalue weighted by Gasteiger charge is -2.10. The molecule has 116 valence electrons. The molecular weight excluding hydrogens is 294 g/mol. The van der Waals surface area contributed by atoms with Crippen molar-refractivity contribution in [3.05, 3.63) is 29.8 Å². The van der Waals surface area contributed by atoms with E-state index in [1.807, 2.05) is 18.2 Å². The van der Waals surface area contributed by atoms with E-state index >= 15 is 0 Å². The molecule has 5 nitrogen and oxygen atoms in total. The number of aliphatic carboxylic acids is 1.